The van der Waals surface area contributed by atoms with E-state index >= 15 is 0 Å². The summed E-state index contributed by atoms with van der Waals surface area (Å²) in [5.74, 6) is -1.88. The van der Waals surface area contributed by atoms with Crippen LogP contribution in [0.4, 0.5) is 10.7 Å². The molecule has 0 fully saturated rings. The second-order valence-electron chi connectivity index (χ2n) is 8.07. The fraction of sp³-hybridized carbons (Fsp3) is 0.524. The van der Waals surface area contributed by atoms with E-state index < -0.39 is 30.0 Å². The molecule has 9 nitrogen and oxygen atoms in total. The molecule has 2 aromatic rings. The Hall–Kier alpha value is -3.10. The standard InChI is InChI=1S/C21H29N5O4/c1-5-13(4)17(19(28)29)23-18(27)16(12(2)3)24-21(30)26-11-10-25-15-9-7-6-8-14(15)22-20(25)26/h6-9,12-13,16-17H,5,10-11H2,1-4H3,(H,23,27)(H,24,30)(H,28,29)/p-1/t13-,16+,17+/m1/s1. The van der Waals surface area contributed by atoms with Gasteiger partial charge in [0.05, 0.1) is 23.0 Å². The summed E-state index contributed by atoms with van der Waals surface area (Å²) in [5.41, 5.74) is 1.75. The first-order valence-electron chi connectivity index (χ1n) is 10.3. The molecule has 0 aliphatic carbocycles. The number of carboxylic acid groups (broad SMARTS) is 1. The molecule has 162 valence electrons. The van der Waals surface area contributed by atoms with Crippen molar-refractivity contribution in [2.45, 2.75) is 52.7 Å². The number of fused-ring (bicyclic) bond motifs is 3. The zero-order chi connectivity index (χ0) is 22.0. The molecule has 3 amide bonds. The third-order valence-electron chi connectivity index (χ3n) is 5.66. The number of anilines is 1. The fourth-order valence-corrected chi connectivity index (χ4v) is 3.64. The Morgan fingerprint density at radius 2 is 1.80 bits per heavy atom. The van der Waals surface area contributed by atoms with Gasteiger partial charge in [-0.15, -0.1) is 0 Å². The van der Waals surface area contributed by atoms with Gasteiger partial charge < -0.3 is 25.1 Å². The van der Waals surface area contributed by atoms with Crippen LogP contribution in [0, 0.1) is 11.8 Å². The average molecular weight is 414 g/mol. The number of aromatic nitrogens is 2. The Labute approximate surface area is 175 Å². The van der Waals surface area contributed by atoms with Crippen molar-refractivity contribution in [1.82, 2.24) is 20.2 Å². The Morgan fingerprint density at radius 1 is 1.10 bits per heavy atom. The topological polar surface area (TPSA) is 119 Å². The van der Waals surface area contributed by atoms with Crippen molar-refractivity contribution in [2.75, 3.05) is 11.4 Å². The predicted octanol–water partition coefficient (Wildman–Crippen LogP) is 0.871. The summed E-state index contributed by atoms with van der Waals surface area (Å²) in [7, 11) is 0. The smallest absolute Gasteiger partial charge is 0.324 e. The molecule has 1 aromatic carbocycles. The van der Waals surface area contributed by atoms with Gasteiger partial charge in [-0.2, -0.15) is 0 Å². The van der Waals surface area contributed by atoms with Crippen molar-refractivity contribution in [1.29, 1.82) is 0 Å². The molecular weight excluding hydrogens is 386 g/mol. The highest BCUT2D eigenvalue weighted by atomic mass is 16.4. The number of nitrogens with one attached hydrogen (secondary N) is 2. The van der Waals surface area contributed by atoms with Crippen molar-refractivity contribution < 1.29 is 19.5 Å². The van der Waals surface area contributed by atoms with E-state index in [0.717, 1.165) is 11.0 Å². The number of hydrogen-bond acceptors (Lipinski definition) is 5. The van der Waals surface area contributed by atoms with Gasteiger partial charge in [-0.05, 0) is 24.0 Å². The van der Waals surface area contributed by atoms with Crippen LogP contribution in [0.3, 0.4) is 0 Å². The van der Waals surface area contributed by atoms with Crippen LogP contribution in [0.15, 0.2) is 24.3 Å². The van der Waals surface area contributed by atoms with Crippen LogP contribution in [-0.2, 0) is 16.1 Å². The van der Waals surface area contributed by atoms with Crippen LogP contribution in [0.25, 0.3) is 11.0 Å². The van der Waals surface area contributed by atoms with E-state index in [0.29, 0.717) is 25.5 Å². The molecule has 0 saturated heterocycles. The summed E-state index contributed by atoms with van der Waals surface area (Å²) in [6.07, 6.45) is 0.571. The lowest BCUT2D eigenvalue weighted by molar-refractivity contribution is -0.309. The maximum absolute atomic E-state index is 13.0. The molecular formula is C21H28N5O4-. The number of carbonyl (C=O) groups excluding carboxylic acids is 3. The molecule has 0 radical (unpaired) electrons. The number of imidazole rings is 1. The Bertz CT molecular complexity index is 954. The number of hydrogen-bond donors (Lipinski definition) is 2. The van der Waals surface area contributed by atoms with Crippen LogP contribution in [0.5, 0.6) is 0 Å². The maximum Gasteiger partial charge on any atom is 0.324 e. The van der Waals surface area contributed by atoms with Crippen LogP contribution in [0.1, 0.15) is 34.1 Å². The minimum Gasteiger partial charge on any atom is -0.548 e. The number of carbonyl (C=O) groups is 3. The minimum atomic E-state index is -1.33. The lowest BCUT2D eigenvalue weighted by Crippen LogP contribution is -2.59. The van der Waals surface area contributed by atoms with Crippen molar-refractivity contribution >= 4 is 34.9 Å². The highest BCUT2D eigenvalue weighted by Gasteiger charge is 2.33. The molecule has 2 N–H and O–H groups in total. The summed E-state index contributed by atoms with van der Waals surface area (Å²) < 4.78 is 1.97. The van der Waals surface area contributed by atoms with Crippen LogP contribution < -0.4 is 20.6 Å². The van der Waals surface area contributed by atoms with Gasteiger partial charge in [0.2, 0.25) is 11.9 Å². The molecule has 0 spiro atoms. The molecule has 1 aromatic heterocycles. The van der Waals surface area contributed by atoms with Crippen molar-refractivity contribution in [3.05, 3.63) is 24.3 Å². The van der Waals surface area contributed by atoms with Crippen molar-refractivity contribution in [3.8, 4) is 0 Å². The van der Waals surface area contributed by atoms with E-state index in [-0.39, 0.29) is 11.8 Å². The van der Waals surface area contributed by atoms with E-state index in [4.69, 9.17) is 0 Å². The average Bonchev–Trinajstić information content (AvgIpc) is 3.28. The molecule has 0 bridgehead atoms. The normalized spacial score (nSPS) is 16.2. The molecule has 3 rings (SSSR count). The zero-order valence-electron chi connectivity index (χ0n) is 17.7. The first-order chi connectivity index (χ1) is 14.2. The number of carboxylic acids is 1. The van der Waals surface area contributed by atoms with Gasteiger partial charge in [-0.3, -0.25) is 9.69 Å². The van der Waals surface area contributed by atoms with E-state index in [1.807, 2.05) is 35.8 Å². The first-order valence-corrected chi connectivity index (χ1v) is 10.3. The third kappa shape index (κ3) is 4.10. The SMILES string of the molecule is CC[C@@H](C)[C@H](NC(=O)[C@@H](NC(=O)N1CCn2c1nc1ccccc12)C(C)C)C(=O)[O-]. The monoisotopic (exact) mass is 414 g/mol. The second kappa shape index (κ2) is 8.73. The van der Waals surface area contributed by atoms with Crippen molar-refractivity contribution in [2.24, 2.45) is 11.8 Å². The van der Waals surface area contributed by atoms with Gasteiger partial charge >= 0.3 is 6.03 Å². The number of rotatable bonds is 7. The number of aliphatic carboxylic acids is 1. The van der Waals surface area contributed by atoms with Gasteiger partial charge in [0.1, 0.15) is 6.04 Å². The highest BCUT2D eigenvalue weighted by Crippen LogP contribution is 2.27. The summed E-state index contributed by atoms with van der Waals surface area (Å²) in [4.78, 5) is 43.3. The first kappa shape index (κ1) is 21.6. The number of amides is 3. The van der Waals surface area contributed by atoms with Crippen LogP contribution >= 0.6 is 0 Å². The quantitative estimate of drug-likeness (QED) is 0.697. The van der Waals surface area contributed by atoms with E-state index in [2.05, 4.69) is 15.6 Å². The molecule has 2 heterocycles. The summed E-state index contributed by atoms with van der Waals surface area (Å²) in [6, 6.07) is 5.21. The maximum atomic E-state index is 13.0. The minimum absolute atomic E-state index is 0.241. The Kier molecular flexibility index (Phi) is 6.28. The largest absolute Gasteiger partial charge is 0.548 e. The van der Waals surface area contributed by atoms with E-state index in [1.165, 1.54) is 4.90 Å². The summed E-state index contributed by atoms with van der Waals surface area (Å²) in [6.45, 7) is 8.22. The van der Waals surface area contributed by atoms with Gasteiger partial charge in [0.15, 0.2) is 0 Å². The molecule has 0 unspecified atom stereocenters. The summed E-state index contributed by atoms with van der Waals surface area (Å²) in [5, 5.41) is 16.7. The van der Waals surface area contributed by atoms with Gasteiger partial charge in [0, 0.05) is 13.1 Å². The Balaban J connectivity index is 1.75. The number of para-hydroxylation sites is 2. The van der Waals surface area contributed by atoms with Crippen LogP contribution in [0.2, 0.25) is 0 Å². The summed E-state index contributed by atoms with van der Waals surface area (Å²) >= 11 is 0. The van der Waals surface area contributed by atoms with E-state index in [9.17, 15) is 19.5 Å². The third-order valence-corrected chi connectivity index (χ3v) is 5.66. The second-order valence-corrected chi connectivity index (χ2v) is 8.07. The Morgan fingerprint density at radius 3 is 2.43 bits per heavy atom. The number of benzene rings is 1. The fourth-order valence-electron chi connectivity index (χ4n) is 3.64. The lowest BCUT2D eigenvalue weighted by atomic mass is 9.97. The predicted molar refractivity (Wildman–Crippen MR) is 111 cm³/mol. The lowest BCUT2D eigenvalue weighted by Gasteiger charge is -2.29. The molecule has 1 aliphatic heterocycles. The van der Waals surface area contributed by atoms with Crippen molar-refractivity contribution in [3.63, 3.8) is 0 Å². The van der Waals surface area contributed by atoms with E-state index in [1.54, 1.807) is 20.8 Å². The van der Waals surface area contributed by atoms with Gasteiger partial charge in [-0.1, -0.05) is 46.2 Å². The molecule has 3 atom stereocenters. The molecule has 0 saturated carbocycles. The number of urea groups is 1. The zero-order valence-corrected chi connectivity index (χ0v) is 17.7. The van der Waals surface area contributed by atoms with Gasteiger partial charge in [0.25, 0.3) is 0 Å². The van der Waals surface area contributed by atoms with Gasteiger partial charge in [-0.25, -0.2) is 9.78 Å². The van der Waals surface area contributed by atoms with Crippen LogP contribution in [-0.4, -0.2) is 46.1 Å². The molecule has 30 heavy (non-hydrogen) atoms. The highest BCUT2D eigenvalue weighted by molar-refractivity contribution is 5.97. The number of nitrogens with zero attached hydrogens (tertiary/aromatic N) is 3. The molecule has 1 aliphatic rings. The molecule has 9 heteroatoms.